The molecule has 0 saturated carbocycles. The van der Waals surface area contributed by atoms with Crippen molar-refractivity contribution in [1.82, 2.24) is 30.2 Å². The maximum Gasteiger partial charge on any atom is 0.191 e. The number of hydrogen-bond acceptors (Lipinski definition) is 5. The molecule has 0 aliphatic heterocycles. The van der Waals surface area contributed by atoms with Gasteiger partial charge in [0.1, 0.15) is 16.6 Å². The first-order valence-corrected chi connectivity index (χ1v) is 9.36. The normalized spacial score (nSPS) is 11.1. The number of rotatable bonds is 6. The summed E-state index contributed by atoms with van der Waals surface area (Å²) >= 11 is 1.69. The Kier molecular flexibility index (Phi) is 8.17. The Morgan fingerprint density at radius 1 is 1.15 bits per heavy atom. The number of guanidine groups is 1. The summed E-state index contributed by atoms with van der Waals surface area (Å²) in [5.41, 5.74) is 1.05. The van der Waals surface area contributed by atoms with Crippen molar-refractivity contribution in [2.24, 2.45) is 4.99 Å². The van der Waals surface area contributed by atoms with Crippen molar-refractivity contribution in [1.29, 1.82) is 0 Å². The average Bonchev–Trinajstić information content (AvgIpc) is 3.26. The minimum Gasteiger partial charge on any atom is -0.357 e. The Bertz CT molecular complexity index is 870. The molecule has 0 fully saturated rings. The van der Waals surface area contributed by atoms with Gasteiger partial charge in [0.15, 0.2) is 5.96 Å². The molecule has 0 spiro atoms. The second kappa shape index (κ2) is 10.4. The molecular formula is C18H24IN7S. The van der Waals surface area contributed by atoms with E-state index in [0.29, 0.717) is 13.1 Å². The van der Waals surface area contributed by atoms with Crippen LogP contribution >= 0.6 is 35.3 Å². The summed E-state index contributed by atoms with van der Waals surface area (Å²) in [5, 5.41) is 7.62. The lowest BCUT2D eigenvalue weighted by molar-refractivity contribution is 0.810. The van der Waals surface area contributed by atoms with Crippen LogP contribution in [-0.4, -0.2) is 32.0 Å². The van der Waals surface area contributed by atoms with Gasteiger partial charge in [0.05, 0.1) is 13.1 Å². The fourth-order valence-electron chi connectivity index (χ4n) is 2.43. The van der Waals surface area contributed by atoms with Crippen molar-refractivity contribution in [2.45, 2.75) is 33.9 Å². The first-order valence-electron chi connectivity index (χ1n) is 8.54. The van der Waals surface area contributed by atoms with Crippen LogP contribution in [0.4, 0.5) is 0 Å². The maximum atomic E-state index is 4.63. The second-order valence-corrected chi connectivity index (χ2v) is 7.10. The molecule has 0 aliphatic carbocycles. The SMILES string of the molecule is CCNC(=NCc1ccc(-n2ccnc2C)nc1)NCc1ncc(C)s1.I. The van der Waals surface area contributed by atoms with Crippen molar-refractivity contribution >= 4 is 41.3 Å². The van der Waals surface area contributed by atoms with Crippen LogP contribution in [0.25, 0.3) is 5.82 Å². The molecule has 0 radical (unpaired) electrons. The molecular weight excluding hydrogens is 473 g/mol. The lowest BCUT2D eigenvalue weighted by atomic mass is 10.3. The van der Waals surface area contributed by atoms with Crippen LogP contribution in [-0.2, 0) is 13.1 Å². The summed E-state index contributed by atoms with van der Waals surface area (Å²) in [7, 11) is 0. The molecule has 0 atom stereocenters. The molecule has 0 unspecified atom stereocenters. The minimum atomic E-state index is 0. The van der Waals surface area contributed by atoms with Gasteiger partial charge < -0.3 is 10.6 Å². The first kappa shape index (κ1) is 21.3. The van der Waals surface area contributed by atoms with Crippen LogP contribution in [0.3, 0.4) is 0 Å². The monoisotopic (exact) mass is 497 g/mol. The zero-order valence-corrected chi connectivity index (χ0v) is 18.8. The molecule has 0 aliphatic rings. The molecule has 0 amide bonds. The highest BCUT2D eigenvalue weighted by molar-refractivity contribution is 14.0. The van der Waals surface area contributed by atoms with Crippen LogP contribution < -0.4 is 10.6 Å². The highest BCUT2D eigenvalue weighted by Gasteiger charge is 2.04. The number of imidazole rings is 1. The van der Waals surface area contributed by atoms with Gasteiger partial charge in [0.25, 0.3) is 0 Å². The lowest BCUT2D eigenvalue weighted by Crippen LogP contribution is -2.36. The highest BCUT2D eigenvalue weighted by atomic mass is 127. The van der Waals surface area contributed by atoms with Gasteiger partial charge in [0, 0.05) is 36.2 Å². The Balaban J connectivity index is 0.00000261. The predicted octanol–water partition coefficient (Wildman–Crippen LogP) is 3.21. The maximum absolute atomic E-state index is 4.63. The second-order valence-electron chi connectivity index (χ2n) is 5.78. The zero-order chi connectivity index (χ0) is 18.4. The summed E-state index contributed by atoms with van der Waals surface area (Å²) in [4.78, 5) is 18.9. The number of nitrogens with one attached hydrogen (secondary N) is 2. The molecule has 144 valence electrons. The molecule has 27 heavy (non-hydrogen) atoms. The van der Waals surface area contributed by atoms with Crippen molar-refractivity contribution in [3.8, 4) is 5.82 Å². The summed E-state index contributed by atoms with van der Waals surface area (Å²) in [5.74, 6) is 2.55. The van der Waals surface area contributed by atoms with E-state index in [1.165, 1.54) is 4.88 Å². The van der Waals surface area contributed by atoms with Crippen molar-refractivity contribution in [3.05, 3.63) is 58.2 Å². The number of aryl methyl sites for hydroxylation is 2. The Morgan fingerprint density at radius 2 is 2.00 bits per heavy atom. The van der Waals surface area contributed by atoms with Gasteiger partial charge in [-0.25, -0.2) is 19.9 Å². The van der Waals surface area contributed by atoms with E-state index in [4.69, 9.17) is 0 Å². The fraction of sp³-hybridized carbons (Fsp3) is 0.333. The van der Waals surface area contributed by atoms with E-state index < -0.39 is 0 Å². The van der Waals surface area contributed by atoms with Gasteiger partial charge in [-0.15, -0.1) is 35.3 Å². The summed E-state index contributed by atoms with van der Waals surface area (Å²) in [6.45, 7) is 8.10. The third kappa shape index (κ3) is 5.99. The summed E-state index contributed by atoms with van der Waals surface area (Å²) < 4.78 is 1.95. The molecule has 3 heterocycles. The Hall–Kier alpha value is -2.01. The van der Waals surface area contributed by atoms with E-state index in [0.717, 1.165) is 34.7 Å². The van der Waals surface area contributed by atoms with E-state index in [1.807, 2.05) is 42.2 Å². The van der Waals surface area contributed by atoms with E-state index in [2.05, 4.69) is 44.4 Å². The number of hydrogen-bond donors (Lipinski definition) is 2. The largest absolute Gasteiger partial charge is 0.357 e. The average molecular weight is 497 g/mol. The van der Waals surface area contributed by atoms with Crippen LogP contribution in [0.1, 0.15) is 28.2 Å². The number of halogens is 1. The smallest absolute Gasteiger partial charge is 0.191 e. The molecule has 2 N–H and O–H groups in total. The van der Waals surface area contributed by atoms with Crippen LogP contribution in [0.2, 0.25) is 0 Å². The minimum absolute atomic E-state index is 0. The third-order valence-electron chi connectivity index (χ3n) is 3.72. The van der Waals surface area contributed by atoms with Crippen molar-refractivity contribution in [3.63, 3.8) is 0 Å². The van der Waals surface area contributed by atoms with Gasteiger partial charge in [0.2, 0.25) is 0 Å². The van der Waals surface area contributed by atoms with E-state index in [-0.39, 0.29) is 24.0 Å². The molecule has 0 bridgehead atoms. The van der Waals surface area contributed by atoms with Crippen LogP contribution in [0.15, 0.2) is 41.9 Å². The summed E-state index contributed by atoms with van der Waals surface area (Å²) in [6.07, 6.45) is 7.42. The van der Waals surface area contributed by atoms with E-state index in [1.54, 1.807) is 17.5 Å². The quantitative estimate of drug-likeness (QED) is 0.311. The number of thiazole rings is 1. The van der Waals surface area contributed by atoms with Crippen molar-refractivity contribution < 1.29 is 0 Å². The highest BCUT2D eigenvalue weighted by Crippen LogP contribution is 2.11. The van der Waals surface area contributed by atoms with Gasteiger partial charge in [-0.2, -0.15) is 0 Å². The fourth-order valence-corrected chi connectivity index (χ4v) is 3.15. The molecule has 3 aromatic rings. The number of nitrogens with zero attached hydrogens (tertiary/aromatic N) is 5. The molecule has 0 aromatic carbocycles. The molecule has 7 nitrogen and oxygen atoms in total. The third-order valence-corrected chi connectivity index (χ3v) is 4.63. The molecule has 3 aromatic heterocycles. The van der Waals surface area contributed by atoms with Crippen LogP contribution in [0, 0.1) is 13.8 Å². The Morgan fingerprint density at radius 3 is 2.59 bits per heavy atom. The van der Waals surface area contributed by atoms with Crippen LogP contribution in [0.5, 0.6) is 0 Å². The van der Waals surface area contributed by atoms with Gasteiger partial charge >= 0.3 is 0 Å². The van der Waals surface area contributed by atoms with Gasteiger partial charge in [-0.1, -0.05) is 6.07 Å². The van der Waals surface area contributed by atoms with Crippen molar-refractivity contribution in [2.75, 3.05) is 6.54 Å². The molecule has 9 heteroatoms. The Labute approximate surface area is 180 Å². The molecule has 3 rings (SSSR count). The lowest BCUT2D eigenvalue weighted by Gasteiger charge is -2.10. The summed E-state index contributed by atoms with van der Waals surface area (Å²) in [6, 6.07) is 4.03. The predicted molar refractivity (Wildman–Crippen MR) is 120 cm³/mol. The number of pyridine rings is 1. The zero-order valence-electron chi connectivity index (χ0n) is 15.6. The van der Waals surface area contributed by atoms with Gasteiger partial charge in [-0.05, 0) is 32.4 Å². The number of aliphatic imine (C=N–C) groups is 1. The van der Waals surface area contributed by atoms with Gasteiger partial charge in [-0.3, -0.25) is 4.57 Å². The number of aromatic nitrogens is 4. The topological polar surface area (TPSA) is 80.0 Å². The van der Waals surface area contributed by atoms with E-state index in [9.17, 15) is 0 Å². The standard InChI is InChI=1S/C18H23N7S.HI/c1-4-19-18(24-12-17-22-9-13(2)26-17)23-11-15-5-6-16(21-10-15)25-8-7-20-14(25)3;/h5-10H,4,11-12H2,1-3H3,(H2,19,23,24);1H. The molecule has 0 saturated heterocycles. The first-order chi connectivity index (χ1) is 12.7. The van der Waals surface area contributed by atoms with E-state index >= 15 is 0 Å².